The van der Waals surface area contributed by atoms with E-state index in [-0.39, 0.29) is 17.9 Å². The zero-order valence-corrected chi connectivity index (χ0v) is 12.2. The molecule has 1 rings (SSSR count). The maximum atomic E-state index is 12.1. The van der Waals surface area contributed by atoms with Crippen molar-refractivity contribution in [3.05, 3.63) is 0 Å². The molecule has 3 heteroatoms. The second-order valence-electron chi connectivity index (χ2n) is 6.06. The van der Waals surface area contributed by atoms with Gasteiger partial charge in [-0.25, -0.2) is 0 Å². The van der Waals surface area contributed by atoms with Gasteiger partial charge < -0.3 is 11.1 Å². The first-order valence-corrected chi connectivity index (χ1v) is 7.60. The van der Waals surface area contributed by atoms with Gasteiger partial charge in [0.05, 0.1) is 0 Å². The lowest BCUT2D eigenvalue weighted by atomic mass is 9.79. The molecule has 0 spiro atoms. The summed E-state index contributed by atoms with van der Waals surface area (Å²) in [4.78, 5) is 12.1. The van der Waals surface area contributed by atoms with E-state index in [0.29, 0.717) is 12.0 Å². The molecule has 3 nitrogen and oxygen atoms in total. The van der Waals surface area contributed by atoms with Crippen LogP contribution in [-0.4, -0.2) is 18.0 Å². The quantitative estimate of drug-likeness (QED) is 0.716. The van der Waals surface area contributed by atoms with Gasteiger partial charge in [0.1, 0.15) is 0 Å². The Morgan fingerprint density at radius 2 is 2.11 bits per heavy atom. The van der Waals surface area contributed by atoms with Gasteiger partial charge in [-0.05, 0) is 38.5 Å². The molecular weight excluding hydrogens is 224 g/mol. The highest BCUT2D eigenvalue weighted by atomic mass is 16.1. The van der Waals surface area contributed by atoms with Gasteiger partial charge in [0, 0.05) is 18.0 Å². The molecule has 0 aromatic heterocycles. The minimum atomic E-state index is 0.188. The van der Waals surface area contributed by atoms with E-state index in [1.807, 2.05) is 0 Å². The lowest BCUT2D eigenvalue weighted by Crippen LogP contribution is -2.43. The predicted octanol–water partition coefficient (Wildman–Crippen LogP) is 2.83. The number of nitrogens with one attached hydrogen (secondary N) is 1. The number of carbonyl (C=O) groups excluding carboxylic acids is 1. The molecule has 1 amide bonds. The van der Waals surface area contributed by atoms with Crippen molar-refractivity contribution in [2.45, 2.75) is 77.8 Å². The summed E-state index contributed by atoms with van der Waals surface area (Å²) in [6.45, 7) is 6.48. The highest BCUT2D eigenvalue weighted by Crippen LogP contribution is 2.28. The molecular formula is C15H30N2O. The van der Waals surface area contributed by atoms with E-state index in [9.17, 15) is 4.79 Å². The van der Waals surface area contributed by atoms with Crippen molar-refractivity contribution in [3.63, 3.8) is 0 Å². The molecule has 106 valence electrons. The number of nitrogens with two attached hydrogens (primary N) is 1. The Morgan fingerprint density at radius 3 is 2.72 bits per heavy atom. The molecule has 0 bridgehead atoms. The Kier molecular flexibility index (Phi) is 6.69. The molecule has 1 aliphatic carbocycles. The molecule has 0 heterocycles. The monoisotopic (exact) mass is 254 g/mol. The molecule has 4 atom stereocenters. The van der Waals surface area contributed by atoms with Crippen LogP contribution >= 0.6 is 0 Å². The molecule has 0 radical (unpaired) electrons. The third kappa shape index (κ3) is 4.97. The minimum Gasteiger partial charge on any atom is -0.353 e. The van der Waals surface area contributed by atoms with E-state index < -0.39 is 0 Å². The molecule has 1 aliphatic rings. The molecule has 0 saturated heterocycles. The molecule has 3 N–H and O–H groups in total. The molecule has 0 aromatic carbocycles. The van der Waals surface area contributed by atoms with Gasteiger partial charge in [-0.15, -0.1) is 0 Å². The number of amides is 1. The zero-order chi connectivity index (χ0) is 13.5. The van der Waals surface area contributed by atoms with Gasteiger partial charge in [0.2, 0.25) is 5.91 Å². The largest absolute Gasteiger partial charge is 0.353 e. The highest BCUT2D eigenvalue weighted by Gasteiger charge is 2.29. The highest BCUT2D eigenvalue weighted by molar-refractivity contribution is 5.79. The zero-order valence-electron chi connectivity index (χ0n) is 12.2. The lowest BCUT2D eigenvalue weighted by molar-refractivity contribution is -0.127. The Bertz CT molecular complexity index is 255. The maximum absolute atomic E-state index is 12.1. The molecule has 1 fully saturated rings. The Balaban J connectivity index is 2.27. The molecule has 0 aliphatic heterocycles. The van der Waals surface area contributed by atoms with E-state index in [2.05, 4.69) is 26.1 Å². The molecule has 18 heavy (non-hydrogen) atoms. The topological polar surface area (TPSA) is 55.1 Å². The standard InChI is InChI=1S/C15H30N2O/c1-4-5-6-7-12(3)17-15(18)13-8-9-14(16)11(2)10-13/h11-14H,4-10,16H2,1-3H3,(H,17,18). The van der Waals surface area contributed by atoms with E-state index in [1.165, 1.54) is 19.3 Å². The van der Waals surface area contributed by atoms with Crippen LogP contribution in [0, 0.1) is 11.8 Å². The van der Waals surface area contributed by atoms with Crippen LogP contribution in [0.2, 0.25) is 0 Å². The summed E-state index contributed by atoms with van der Waals surface area (Å²) in [6, 6.07) is 0.603. The number of unbranched alkanes of at least 4 members (excludes halogenated alkanes) is 2. The summed E-state index contributed by atoms with van der Waals surface area (Å²) in [5.74, 6) is 0.913. The van der Waals surface area contributed by atoms with Gasteiger partial charge in [0.15, 0.2) is 0 Å². The van der Waals surface area contributed by atoms with Crippen LogP contribution in [0.5, 0.6) is 0 Å². The second-order valence-corrected chi connectivity index (χ2v) is 6.06. The average Bonchev–Trinajstić information content (AvgIpc) is 2.33. The van der Waals surface area contributed by atoms with E-state index in [1.54, 1.807) is 0 Å². The third-order valence-electron chi connectivity index (χ3n) is 4.24. The fraction of sp³-hybridized carbons (Fsp3) is 0.933. The first kappa shape index (κ1) is 15.5. The first-order valence-electron chi connectivity index (χ1n) is 7.60. The van der Waals surface area contributed by atoms with Crippen molar-refractivity contribution in [1.29, 1.82) is 0 Å². The summed E-state index contributed by atoms with van der Waals surface area (Å²) in [5.41, 5.74) is 5.99. The number of hydrogen-bond donors (Lipinski definition) is 2. The number of rotatable bonds is 6. The van der Waals surface area contributed by atoms with Crippen LogP contribution in [0.15, 0.2) is 0 Å². The van der Waals surface area contributed by atoms with E-state index in [4.69, 9.17) is 5.73 Å². The Morgan fingerprint density at radius 1 is 1.39 bits per heavy atom. The lowest BCUT2D eigenvalue weighted by Gasteiger charge is -2.31. The minimum absolute atomic E-state index is 0.188. The number of carbonyl (C=O) groups is 1. The molecule has 4 unspecified atom stereocenters. The maximum Gasteiger partial charge on any atom is 0.223 e. The summed E-state index contributed by atoms with van der Waals surface area (Å²) in [5, 5.41) is 3.16. The van der Waals surface area contributed by atoms with Crippen LogP contribution in [0.3, 0.4) is 0 Å². The number of hydrogen-bond acceptors (Lipinski definition) is 2. The van der Waals surface area contributed by atoms with Crippen LogP contribution in [-0.2, 0) is 4.79 Å². The van der Waals surface area contributed by atoms with Crippen LogP contribution < -0.4 is 11.1 Å². The molecule has 1 saturated carbocycles. The van der Waals surface area contributed by atoms with E-state index >= 15 is 0 Å². The predicted molar refractivity (Wildman–Crippen MR) is 76.2 cm³/mol. The van der Waals surface area contributed by atoms with Gasteiger partial charge >= 0.3 is 0 Å². The second kappa shape index (κ2) is 7.78. The van der Waals surface area contributed by atoms with Gasteiger partial charge in [0.25, 0.3) is 0 Å². The average molecular weight is 254 g/mol. The first-order chi connectivity index (χ1) is 8.54. The van der Waals surface area contributed by atoms with Crippen molar-refractivity contribution in [2.24, 2.45) is 17.6 Å². The van der Waals surface area contributed by atoms with Gasteiger partial charge in [-0.3, -0.25) is 4.79 Å². The van der Waals surface area contributed by atoms with Gasteiger partial charge in [-0.2, -0.15) is 0 Å². The summed E-state index contributed by atoms with van der Waals surface area (Å²) in [7, 11) is 0. The molecule has 0 aromatic rings. The van der Waals surface area contributed by atoms with Gasteiger partial charge in [-0.1, -0.05) is 33.1 Å². The van der Waals surface area contributed by atoms with Crippen molar-refractivity contribution < 1.29 is 4.79 Å². The third-order valence-corrected chi connectivity index (χ3v) is 4.24. The Hall–Kier alpha value is -0.570. The SMILES string of the molecule is CCCCCC(C)NC(=O)C1CCC(N)C(C)C1. The van der Waals surface area contributed by atoms with Crippen LogP contribution in [0.4, 0.5) is 0 Å². The van der Waals surface area contributed by atoms with Crippen molar-refractivity contribution in [2.75, 3.05) is 0 Å². The normalized spacial score (nSPS) is 29.9. The van der Waals surface area contributed by atoms with Crippen molar-refractivity contribution >= 4 is 5.91 Å². The summed E-state index contributed by atoms with van der Waals surface area (Å²) < 4.78 is 0. The van der Waals surface area contributed by atoms with Crippen molar-refractivity contribution in [3.8, 4) is 0 Å². The summed E-state index contributed by atoms with van der Waals surface area (Å²) in [6.07, 6.45) is 7.71. The van der Waals surface area contributed by atoms with Crippen LogP contribution in [0.1, 0.15) is 65.7 Å². The van der Waals surface area contributed by atoms with Crippen molar-refractivity contribution in [1.82, 2.24) is 5.32 Å². The van der Waals surface area contributed by atoms with Crippen LogP contribution in [0.25, 0.3) is 0 Å². The summed E-state index contributed by atoms with van der Waals surface area (Å²) >= 11 is 0. The smallest absolute Gasteiger partial charge is 0.223 e. The fourth-order valence-electron chi connectivity index (χ4n) is 2.79. The Labute approximate surface area is 112 Å². The van der Waals surface area contributed by atoms with E-state index in [0.717, 1.165) is 25.7 Å². The fourth-order valence-corrected chi connectivity index (χ4v) is 2.79.